The molecule has 1 aromatic rings. The second-order valence-electron chi connectivity index (χ2n) is 6.22. The van der Waals surface area contributed by atoms with Crippen LogP contribution in [0.15, 0.2) is 35.9 Å². The Morgan fingerprint density at radius 1 is 1.29 bits per heavy atom. The number of amides is 2. The minimum atomic E-state index is -0.366. The van der Waals surface area contributed by atoms with Gasteiger partial charge in [0, 0.05) is 18.5 Å². The summed E-state index contributed by atoms with van der Waals surface area (Å²) in [5, 5.41) is 6.37. The molecule has 1 aromatic carbocycles. The van der Waals surface area contributed by atoms with Gasteiger partial charge >= 0.3 is 0 Å². The second kappa shape index (κ2) is 9.48. The summed E-state index contributed by atoms with van der Waals surface area (Å²) in [7, 11) is 0. The fourth-order valence-electron chi connectivity index (χ4n) is 2.97. The molecular weight excluding hydrogens is 324 g/mol. The van der Waals surface area contributed by atoms with Crippen LogP contribution in [0.1, 0.15) is 57.1 Å². The van der Waals surface area contributed by atoms with Crippen molar-refractivity contribution in [3.63, 3.8) is 0 Å². The summed E-state index contributed by atoms with van der Waals surface area (Å²) in [5.41, 5.74) is 2.28. The van der Waals surface area contributed by atoms with Crippen LogP contribution in [0.25, 0.3) is 0 Å². The van der Waals surface area contributed by atoms with Crippen LogP contribution in [0.3, 0.4) is 0 Å². The van der Waals surface area contributed by atoms with Crippen LogP contribution in [-0.4, -0.2) is 18.4 Å². The van der Waals surface area contributed by atoms with Crippen LogP contribution in [0.2, 0.25) is 5.02 Å². The van der Waals surface area contributed by atoms with Gasteiger partial charge in [-0.15, -0.1) is 0 Å². The van der Waals surface area contributed by atoms with Crippen molar-refractivity contribution in [2.45, 2.75) is 51.5 Å². The van der Waals surface area contributed by atoms with Crippen molar-refractivity contribution < 1.29 is 9.59 Å². The first-order chi connectivity index (χ1) is 11.5. The smallest absolute Gasteiger partial charge is 0.222 e. The minimum Gasteiger partial charge on any atom is -0.356 e. The maximum atomic E-state index is 12.2. The van der Waals surface area contributed by atoms with E-state index in [1.54, 1.807) is 12.1 Å². The SMILES string of the molecule is CC(=O)NC(CC(=O)NCCC1=CCCCC1)c1cccc(Cl)c1. The van der Waals surface area contributed by atoms with Gasteiger partial charge in [-0.1, -0.05) is 35.4 Å². The fourth-order valence-corrected chi connectivity index (χ4v) is 3.17. The molecule has 2 N–H and O–H groups in total. The molecule has 1 aliphatic rings. The Hall–Kier alpha value is -1.81. The summed E-state index contributed by atoms with van der Waals surface area (Å²) in [5.74, 6) is -0.231. The highest BCUT2D eigenvalue weighted by atomic mass is 35.5. The number of benzene rings is 1. The Kier molecular flexibility index (Phi) is 7.32. The molecule has 5 heteroatoms. The minimum absolute atomic E-state index is 0.0647. The number of carbonyl (C=O) groups excluding carboxylic acids is 2. The topological polar surface area (TPSA) is 58.2 Å². The van der Waals surface area contributed by atoms with Gasteiger partial charge in [-0.25, -0.2) is 0 Å². The van der Waals surface area contributed by atoms with Gasteiger partial charge in [-0.3, -0.25) is 9.59 Å². The standard InChI is InChI=1S/C19H25ClN2O2/c1-14(23)22-18(16-8-5-9-17(20)12-16)13-19(24)21-11-10-15-6-3-2-4-7-15/h5-6,8-9,12,18H,2-4,7,10-11,13H2,1H3,(H,21,24)(H,22,23). The van der Waals surface area contributed by atoms with E-state index in [2.05, 4.69) is 16.7 Å². The molecule has 0 saturated heterocycles. The number of carbonyl (C=O) groups is 2. The Morgan fingerprint density at radius 2 is 2.12 bits per heavy atom. The van der Waals surface area contributed by atoms with Crippen LogP contribution in [0.4, 0.5) is 0 Å². The summed E-state index contributed by atoms with van der Waals surface area (Å²) in [6.45, 7) is 2.10. The molecule has 0 saturated carbocycles. The molecule has 1 aliphatic carbocycles. The zero-order valence-electron chi connectivity index (χ0n) is 14.1. The molecule has 0 heterocycles. The van der Waals surface area contributed by atoms with Crippen LogP contribution >= 0.6 is 11.6 Å². The number of rotatable bonds is 7. The zero-order chi connectivity index (χ0) is 17.4. The lowest BCUT2D eigenvalue weighted by Gasteiger charge is -2.19. The molecular formula is C19H25ClN2O2. The molecule has 24 heavy (non-hydrogen) atoms. The molecule has 0 fully saturated rings. The predicted molar refractivity (Wildman–Crippen MR) is 96.8 cm³/mol. The van der Waals surface area contributed by atoms with Gasteiger partial charge in [0.2, 0.25) is 11.8 Å². The number of halogens is 1. The molecule has 0 spiro atoms. The normalized spacial score (nSPS) is 15.3. The quantitative estimate of drug-likeness (QED) is 0.734. The van der Waals surface area contributed by atoms with Gasteiger partial charge in [-0.2, -0.15) is 0 Å². The molecule has 1 unspecified atom stereocenters. The molecule has 0 aromatic heterocycles. The molecule has 4 nitrogen and oxygen atoms in total. The highest BCUT2D eigenvalue weighted by molar-refractivity contribution is 6.30. The Bertz CT molecular complexity index is 613. The largest absolute Gasteiger partial charge is 0.356 e. The second-order valence-corrected chi connectivity index (χ2v) is 6.66. The molecule has 2 rings (SSSR count). The van der Waals surface area contributed by atoms with E-state index in [9.17, 15) is 9.59 Å². The Labute approximate surface area is 148 Å². The number of hydrogen-bond donors (Lipinski definition) is 2. The first-order valence-corrected chi connectivity index (χ1v) is 8.89. The number of nitrogens with one attached hydrogen (secondary N) is 2. The van der Waals surface area contributed by atoms with Crippen LogP contribution in [-0.2, 0) is 9.59 Å². The van der Waals surface area contributed by atoms with Crippen molar-refractivity contribution in [1.82, 2.24) is 10.6 Å². The summed E-state index contributed by atoms with van der Waals surface area (Å²) >= 11 is 6.01. The first kappa shape index (κ1) is 18.5. The molecule has 1 atom stereocenters. The first-order valence-electron chi connectivity index (χ1n) is 8.52. The lowest BCUT2D eigenvalue weighted by atomic mass is 9.97. The van der Waals surface area contributed by atoms with Gasteiger partial charge in [0.1, 0.15) is 0 Å². The van der Waals surface area contributed by atoms with Gasteiger partial charge in [0.05, 0.1) is 12.5 Å². The molecule has 0 aliphatic heterocycles. The van der Waals surface area contributed by atoms with Gasteiger partial charge < -0.3 is 10.6 Å². The van der Waals surface area contributed by atoms with Crippen LogP contribution in [0.5, 0.6) is 0 Å². The number of allylic oxidation sites excluding steroid dienone is 1. The van der Waals surface area contributed by atoms with Gasteiger partial charge in [0.25, 0.3) is 0 Å². The van der Waals surface area contributed by atoms with E-state index in [1.165, 1.54) is 25.3 Å². The zero-order valence-corrected chi connectivity index (χ0v) is 14.9. The van der Waals surface area contributed by atoms with Crippen molar-refractivity contribution in [2.24, 2.45) is 0 Å². The summed E-state index contributed by atoms with van der Waals surface area (Å²) < 4.78 is 0. The third-order valence-electron chi connectivity index (χ3n) is 4.17. The van der Waals surface area contributed by atoms with E-state index in [1.807, 2.05) is 12.1 Å². The third-order valence-corrected chi connectivity index (χ3v) is 4.41. The Morgan fingerprint density at radius 3 is 2.79 bits per heavy atom. The predicted octanol–water partition coefficient (Wildman–Crippen LogP) is 3.91. The monoisotopic (exact) mass is 348 g/mol. The van der Waals surface area contributed by atoms with E-state index in [-0.39, 0.29) is 24.3 Å². The molecule has 2 amide bonds. The summed E-state index contributed by atoms with van der Waals surface area (Å²) in [6, 6.07) is 6.87. The van der Waals surface area contributed by atoms with Crippen LogP contribution in [0, 0.1) is 0 Å². The highest BCUT2D eigenvalue weighted by Gasteiger charge is 2.17. The lowest BCUT2D eigenvalue weighted by Crippen LogP contribution is -2.33. The van der Waals surface area contributed by atoms with E-state index in [0.29, 0.717) is 11.6 Å². The van der Waals surface area contributed by atoms with Crippen LogP contribution < -0.4 is 10.6 Å². The van der Waals surface area contributed by atoms with E-state index in [0.717, 1.165) is 24.8 Å². The average Bonchev–Trinajstić information content (AvgIpc) is 2.55. The van der Waals surface area contributed by atoms with Crippen molar-refractivity contribution in [2.75, 3.05) is 6.54 Å². The number of hydrogen-bond acceptors (Lipinski definition) is 2. The van der Waals surface area contributed by atoms with Gasteiger partial charge in [-0.05, 0) is 49.8 Å². The van der Waals surface area contributed by atoms with Crippen molar-refractivity contribution >= 4 is 23.4 Å². The molecule has 130 valence electrons. The van der Waals surface area contributed by atoms with E-state index >= 15 is 0 Å². The summed E-state index contributed by atoms with van der Waals surface area (Å²) in [6.07, 6.45) is 8.23. The highest BCUT2D eigenvalue weighted by Crippen LogP contribution is 2.21. The maximum absolute atomic E-state index is 12.2. The summed E-state index contributed by atoms with van der Waals surface area (Å²) in [4.78, 5) is 23.7. The molecule has 0 bridgehead atoms. The van der Waals surface area contributed by atoms with Crippen molar-refractivity contribution in [3.8, 4) is 0 Å². The Balaban J connectivity index is 1.87. The van der Waals surface area contributed by atoms with Gasteiger partial charge in [0.15, 0.2) is 0 Å². The van der Waals surface area contributed by atoms with E-state index < -0.39 is 0 Å². The maximum Gasteiger partial charge on any atom is 0.222 e. The fraction of sp³-hybridized carbons (Fsp3) is 0.474. The van der Waals surface area contributed by atoms with Crippen molar-refractivity contribution in [1.29, 1.82) is 0 Å². The lowest BCUT2D eigenvalue weighted by molar-refractivity contribution is -0.122. The third kappa shape index (κ3) is 6.36. The average molecular weight is 349 g/mol. The van der Waals surface area contributed by atoms with E-state index in [4.69, 9.17) is 11.6 Å². The molecule has 0 radical (unpaired) electrons. The van der Waals surface area contributed by atoms with Crippen molar-refractivity contribution in [3.05, 3.63) is 46.5 Å².